The third-order valence-electron chi connectivity index (χ3n) is 4.16. The van der Waals surface area contributed by atoms with Crippen LogP contribution in [0, 0.1) is 10.1 Å². The van der Waals surface area contributed by atoms with Crippen molar-refractivity contribution in [2.45, 2.75) is 0 Å². The van der Waals surface area contributed by atoms with Crippen LogP contribution in [-0.2, 0) is 0 Å². The molecule has 0 aliphatic rings. The fourth-order valence-electron chi connectivity index (χ4n) is 2.61. The van der Waals surface area contributed by atoms with Gasteiger partial charge in [-0.15, -0.1) is 0 Å². The van der Waals surface area contributed by atoms with Crippen LogP contribution in [0.25, 0.3) is 6.08 Å². The summed E-state index contributed by atoms with van der Waals surface area (Å²) in [6.07, 6.45) is 2.84. The van der Waals surface area contributed by atoms with Crippen molar-refractivity contribution in [3.05, 3.63) is 106 Å². The maximum absolute atomic E-state index is 12.3. The predicted molar refractivity (Wildman–Crippen MR) is 111 cm³/mol. The number of benzene rings is 3. The van der Waals surface area contributed by atoms with E-state index in [0.29, 0.717) is 28.2 Å². The summed E-state index contributed by atoms with van der Waals surface area (Å²) >= 11 is 0. The largest absolute Gasteiger partial charge is 0.497 e. The number of hydrogen-bond acceptors (Lipinski definition) is 6. The van der Waals surface area contributed by atoms with Crippen LogP contribution in [0.15, 0.2) is 78.9 Å². The van der Waals surface area contributed by atoms with Gasteiger partial charge < -0.3 is 9.47 Å². The van der Waals surface area contributed by atoms with Crippen molar-refractivity contribution in [1.82, 2.24) is 0 Å². The molecule has 0 spiro atoms. The molecule has 0 aliphatic carbocycles. The second-order valence-corrected chi connectivity index (χ2v) is 6.20. The van der Waals surface area contributed by atoms with E-state index in [1.807, 2.05) is 0 Å². The molecule has 0 atom stereocenters. The lowest BCUT2D eigenvalue weighted by molar-refractivity contribution is -0.384. The zero-order chi connectivity index (χ0) is 21.5. The van der Waals surface area contributed by atoms with Crippen LogP contribution in [0.1, 0.15) is 26.3 Å². The molecule has 3 aromatic rings. The topological polar surface area (TPSA) is 95.7 Å². The lowest BCUT2D eigenvalue weighted by atomic mass is 10.1. The van der Waals surface area contributed by atoms with Crippen LogP contribution in [0.5, 0.6) is 11.5 Å². The third kappa shape index (κ3) is 5.17. The van der Waals surface area contributed by atoms with Gasteiger partial charge in [-0.2, -0.15) is 0 Å². The summed E-state index contributed by atoms with van der Waals surface area (Å²) in [5, 5.41) is 10.8. The average molecular weight is 403 g/mol. The number of esters is 1. The normalized spacial score (nSPS) is 10.6. The molecule has 0 heterocycles. The molecule has 150 valence electrons. The average Bonchev–Trinajstić information content (AvgIpc) is 2.78. The summed E-state index contributed by atoms with van der Waals surface area (Å²) in [7, 11) is 1.51. The molecule has 0 bridgehead atoms. The van der Waals surface area contributed by atoms with Crippen molar-refractivity contribution in [1.29, 1.82) is 0 Å². The number of nitro benzene ring substituents is 1. The van der Waals surface area contributed by atoms with Gasteiger partial charge in [0.15, 0.2) is 5.78 Å². The predicted octanol–water partition coefficient (Wildman–Crippen LogP) is 4.72. The Morgan fingerprint density at radius 2 is 1.63 bits per heavy atom. The lowest BCUT2D eigenvalue weighted by Crippen LogP contribution is -2.08. The van der Waals surface area contributed by atoms with Crippen molar-refractivity contribution in [3.63, 3.8) is 0 Å². The quantitative estimate of drug-likeness (QED) is 0.141. The molecule has 0 N–H and O–H groups in total. The molecule has 0 saturated carbocycles. The molecule has 0 aliphatic heterocycles. The summed E-state index contributed by atoms with van der Waals surface area (Å²) in [5.74, 6) is 0.00804. The van der Waals surface area contributed by atoms with Gasteiger partial charge in [0.1, 0.15) is 11.5 Å². The number of ketones is 1. The fourth-order valence-corrected chi connectivity index (χ4v) is 2.61. The Morgan fingerprint density at radius 1 is 0.900 bits per heavy atom. The molecule has 0 amide bonds. The van der Waals surface area contributed by atoms with Gasteiger partial charge in [0, 0.05) is 17.7 Å². The molecule has 3 rings (SSSR count). The van der Waals surface area contributed by atoms with E-state index in [1.54, 1.807) is 36.4 Å². The number of nitro groups is 1. The highest BCUT2D eigenvalue weighted by atomic mass is 16.6. The van der Waals surface area contributed by atoms with E-state index in [-0.39, 0.29) is 11.5 Å². The molecular weight excluding hydrogens is 386 g/mol. The molecule has 7 heteroatoms. The Balaban J connectivity index is 1.66. The number of ether oxygens (including phenoxy) is 2. The van der Waals surface area contributed by atoms with Crippen LogP contribution < -0.4 is 9.47 Å². The van der Waals surface area contributed by atoms with Gasteiger partial charge in [-0.05, 0) is 54.1 Å². The van der Waals surface area contributed by atoms with Gasteiger partial charge >= 0.3 is 5.97 Å². The number of rotatable bonds is 7. The lowest BCUT2D eigenvalue weighted by Gasteiger charge is -2.06. The highest BCUT2D eigenvalue weighted by molar-refractivity contribution is 6.06. The summed E-state index contributed by atoms with van der Waals surface area (Å²) < 4.78 is 10.4. The van der Waals surface area contributed by atoms with Crippen molar-refractivity contribution < 1.29 is 24.0 Å². The highest BCUT2D eigenvalue weighted by Crippen LogP contribution is 2.18. The maximum Gasteiger partial charge on any atom is 0.343 e. The number of carbonyl (C=O) groups is 2. The van der Waals surface area contributed by atoms with E-state index in [1.165, 1.54) is 55.7 Å². The van der Waals surface area contributed by atoms with E-state index >= 15 is 0 Å². The van der Waals surface area contributed by atoms with E-state index in [0.717, 1.165) is 0 Å². The van der Waals surface area contributed by atoms with Crippen LogP contribution in [0.3, 0.4) is 0 Å². The number of nitrogens with zero attached hydrogens (tertiary/aromatic N) is 1. The standard InChI is InChI=1S/C23H17NO6/c1-29-21-7-3-5-18(15-21)23(26)30-20-11-9-17(10-12-20)22(25)13-8-16-4-2-6-19(14-16)24(27)28/h2-15H,1H3/b13-8+. The Kier molecular flexibility index (Phi) is 6.34. The summed E-state index contributed by atoms with van der Waals surface area (Å²) in [6, 6.07) is 18.7. The molecular formula is C23H17NO6. The molecule has 0 fully saturated rings. The Hall–Kier alpha value is -4.26. The van der Waals surface area contributed by atoms with E-state index in [2.05, 4.69) is 0 Å². The first-order valence-electron chi connectivity index (χ1n) is 8.89. The molecule has 0 unspecified atom stereocenters. The van der Waals surface area contributed by atoms with Crippen molar-refractivity contribution in [3.8, 4) is 11.5 Å². The van der Waals surface area contributed by atoms with Crippen LogP contribution in [-0.4, -0.2) is 23.8 Å². The van der Waals surface area contributed by atoms with Gasteiger partial charge in [0.05, 0.1) is 17.6 Å². The van der Waals surface area contributed by atoms with Gasteiger partial charge in [-0.3, -0.25) is 14.9 Å². The second kappa shape index (κ2) is 9.29. The number of non-ortho nitro benzene ring substituents is 1. The van der Waals surface area contributed by atoms with E-state index in [4.69, 9.17) is 9.47 Å². The first-order chi connectivity index (χ1) is 14.5. The second-order valence-electron chi connectivity index (χ2n) is 6.20. The highest BCUT2D eigenvalue weighted by Gasteiger charge is 2.10. The zero-order valence-electron chi connectivity index (χ0n) is 16.0. The summed E-state index contributed by atoms with van der Waals surface area (Å²) in [6.45, 7) is 0. The fraction of sp³-hybridized carbons (Fsp3) is 0.0435. The van der Waals surface area contributed by atoms with E-state index in [9.17, 15) is 19.7 Å². The van der Waals surface area contributed by atoms with Crippen molar-refractivity contribution in [2.24, 2.45) is 0 Å². The van der Waals surface area contributed by atoms with Gasteiger partial charge in [-0.25, -0.2) is 4.79 Å². The van der Waals surface area contributed by atoms with Crippen molar-refractivity contribution in [2.75, 3.05) is 7.11 Å². The van der Waals surface area contributed by atoms with Gasteiger partial charge in [0.25, 0.3) is 5.69 Å². The number of hydrogen-bond donors (Lipinski definition) is 0. The van der Waals surface area contributed by atoms with Gasteiger partial charge in [0.2, 0.25) is 0 Å². The maximum atomic E-state index is 12.3. The zero-order valence-corrected chi connectivity index (χ0v) is 16.0. The minimum Gasteiger partial charge on any atom is -0.497 e. The number of carbonyl (C=O) groups excluding carboxylic acids is 2. The van der Waals surface area contributed by atoms with Crippen LogP contribution in [0.4, 0.5) is 5.69 Å². The molecule has 30 heavy (non-hydrogen) atoms. The number of allylic oxidation sites excluding steroid dienone is 1. The molecule has 3 aromatic carbocycles. The third-order valence-corrected chi connectivity index (χ3v) is 4.16. The minimum absolute atomic E-state index is 0.0493. The molecule has 0 aromatic heterocycles. The minimum atomic E-state index is -0.543. The van der Waals surface area contributed by atoms with Crippen molar-refractivity contribution >= 4 is 23.5 Å². The SMILES string of the molecule is COc1cccc(C(=O)Oc2ccc(C(=O)/C=C/c3cccc([N+](=O)[O-])c3)cc2)c1. The first kappa shape index (κ1) is 20.5. The first-order valence-corrected chi connectivity index (χ1v) is 8.89. The monoisotopic (exact) mass is 403 g/mol. The summed E-state index contributed by atoms with van der Waals surface area (Å²) in [5.41, 5.74) is 1.22. The van der Waals surface area contributed by atoms with E-state index < -0.39 is 10.9 Å². The Morgan fingerprint density at radius 3 is 2.33 bits per heavy atom. The smallest absolute Gasteiger partial charge is 0.343 e. The molecule has 7 nitrogen and oxygen atoms in total. The Labute approximate surface area is 172 Å². The number of methoxy groups -OCH3 is 1. The molecule has 0 radical (unpaired) electrons. The molecule has 0 saturated heterocycles. The summed E-state index contributed by atoms with van der Waals surface area (Å²) in [4.78, 5) is 34.9. The van der Waals surface area contributed by atoms with Crippen LogP contribution >= 0.6 is 0 Å². The van der Waals surface area contributed by atoms with Crippen LogP contribution in [0.2, 0.25) is 0 Å². The Bertz CT molecular complexity index is 1120. The van der Waals surface area contributed by atoms with Gasteiger partial charge in [-0.1, -0.05) is 24.3 Å².